The van der Waals surface area contributed by atoms with E-state index >= 15 is 0 Å². The zero-order chi connectivity index (χ0) is 14.2. The monoisotopic (exact) mass is 290 g/mol. The lowest BCUT2D eigenvalue weighted by molar-refractivity contribution is 0.242. The van der Waals surface area contributed by atoms with Gasteiger partial charge in [-0.3, -0.25) is 0 Å². The molecule has 0 unspecified atom stereocenters. The van der Waals surface area contributed by atoms with Crippen LogP contribution < -0.4 is 5.73 Å². The molecule has 1 aliphatic heterocycles. The average Bonchev–Trinajstić information content (AvgIpc) is 2.50. The Hall–Kier alpha value is -1.33. The van der Waals surface area contributed by atoms with Gasteiger partial charge in [0.15, 0.2) is 0 Å². The topological polar surface area (TPSA) is 54.0 Å². The molecule has 0 radical (unpaired) electrons. The van der Waals surface area contributed by atoms with Crippen LogP contribution in [0.2, 0.25) is 0 Å². The van der Waals surface area contributed by atoms with Gasteiger partial charge in [-0.15, -0.1) is 11.8 Å². The van der Waals surface area contributed by atoms with Crippen molar-refractivity contribution >= 4 is 30.1 Å². The summed E-state index contributed by atoms with van der Waals surface area (Å²) < 4.78 is 0. The molecule has 0 atom stereocenters. The van der Waals surface area contributed by atoms with Crippen molar-refractivity contribution in [3.05, 3.63) is 24.3 Å². The molecule has 1 saturated heterocycles. The largest absolute Gasteiger partial charge is 0.368 e. The smallest absolute Gasteiger partial charge is 0.219 e. The van der Waals surface area contributed by atoms with Crippen molar-refractivity contribution in [3.63, 3.8) is 0 Å². The molecule has 1 heterocycles. The molecule has 1 fully saturated rings. The Labute approximate surface area is 125 Å². The zero-order valence-electron chi connectivity index (χ0n) is 11.8. The van der Waals surface area contributed by atoms with Crippen molar-refractivity contribution < 1.29 is 0 Å². The van der Waals surface area contributed by atoms with E-state index in [1.807, 2.05) is 23.9 Å². The number of piperidine rings is 1. The van der Waals surface area contributed by atoms with Crippen LogP contribution in [0.1, 0.15) is 19.3 Å². The van der Waals surface area contributed by atoms with Crippen molar-refractivity contribution in [1.82, 2.24) is 4.90 Å². The number of hydrogen-bond acceptors (Lipinski definition) is 3. The minimum Gasteiger partial charge on any atom is -0.368 e. The second-order valence-corrected chi connectivity index (χ2v) is 6.04. The second kappa shape index (κ2) is 8.07. The molecule has 4 nitrogen and oxygen atoms in total. The first-order chi connectivity index (χ1) is 9.78. The third-order valence-corrected chi connectivity index (χ3v) is 4.36. The quantitative estimate of drug-likeness (QED) is 0.515. The molecule has 1 aromatic carbocycles. The van der Waals surface area contributed by atoms with Crippen LogP contribution in [-0.4, -0.2) is 43.0 Å². The minimum absolute atomic E-state index is 0.204. The summed E-state index contributed by atoms with van der Waals surface area (Å²) in [5.41, 5.74) is 6.33. The first kappa shape index (κ1) is 15.1. The molecule has 0 spiro atoms. The Balaban J connectivity index is 1.77. The number of benzene rings is 1. The molecule has 0 saturated carbocycles. The highest BCUT2D eigenvalue weighted by atomic mass is 32.2. The number of aliphatic imine (C=N–C) groups is 2. The van der Waals surface area contributed by atoms with Crippen LogP contribution in [0.3, 0.4) is 0 Å². The fraction of sp³-hybridized carbons (Fsp3) is 0.467. The van der Waals surface area contributed by atoms with Gasteiger partial charge in [0.2, 0.25) is 5.96 Å². The van der Waals surface area contributed by atoms with Gasteiger partial charge in [-0.1, -0.05) is 6.42 Å². The van der Waals surface area contributed by atoms with Gasteiger partial charge >= 0.3 is 0 Å². The van der Waals surface area contributed by atoms with Crippen LogP contribution in [0.15, 0.2) is 39.1 Å². The normalized spacial score (nSPS) is 17.1. The summed E-state index contributed by atoms with van der Waals surface area (Å²) >= 11 is 1.89. The van der Waals surface area contributed by atoms with Gasteiger partial charge in [0, 0.05) is 17.2 Å². The van der Waals surface area contributed by atoms with Crippen LogP contribution in [0.5, 0.6) is 0 Å². The fourth-order valence-electron chi connectivity index (χ4n) is 2.26. The number of hydrogen-bond donors (Lipinski definition) is 1. The number of nitrogens with two attached hydrogens (primary N) is 1. The lowest BCUT2D eigenvalue weighted by Crippen LogP contribution is -2.31. The third kappa shape index (κ3) is 4.98. The highest BCUT2D eigenvalue weighted by Gasteiger charge is 2.09. The number of thioether (sulfide) groups is 1. The van der Waals surface area contributed by atoms with Crippen LogP contribution >= 0.6 is 11.8 Å². The van der Waals surface area contributed by atoms with E-state index in [2.05, 4.69) is 33.7 Å². The van der Waals surface area contributed by atoms with E-state index < -0.39 is 0 Å². The molecule has 2 N–H and O–H groups in total. The van der Waals surface area contributed by atoms with Gasteiger partial charge < -0.3 is 10.6 Å². The second-order valence-electron chi connectivity index (χ2n) is 4.87. The molecule has 0 bridgehead atoms. The Kier molecular flexibility index (Phi) is 6.08. The minimum atomic E-state index is 0.204. The molecule has 2 rings (SSSR count). The molecule has 0 aliphatic carbocycles. The van der Waals surface area contributed by atoms with Crippen molar-refractivity contribution in [2.45, 2.75) is 24.2 Å². The van der Waals surface area contributed by atoms with Crippen LogP contribution in [-0.2, 0) is 0 Å². The maximum atomic E-state index is 5.52. The summed E-state index contributed by atoms with van der Waals surface area (Å²) in [6.07, 6.45) is 4.11. The summed E-state index contributed by atoms with van der Waals surface area (Å²) in [7, 11) is 0. The molecular weight excluding hydrogens is 268 g/mol. The van der Waals surface area contributed by atoms with Gasteiger partial charge in [-0.05, 0) is 56.9 Å². The van der Waals surface area contributed by atoms with Gasteiger partial charge in [-0.2, -0.15) is 0 Å². The Bertz CT molecular complexity index is 449. The van der Waals surface area contributed by atoms with Crippen LogP contribution in [0.25, 0.3) is 0 Å². The third-order valence-electron chi connectivity index (χ3n) is 3.37. The van der Waals surface area contributed by atoms with E-state index in [1.165, 1.54) is 43.8 Å². The molecule has 0 amide bonds. The number of guanidine groups is 1. The van der Waals surface area contributed by atoms with E-state index in [0.717, 1.165) is 11.4 Å². The first-order valence-electron chi connectivity index (χ1n) is 7.04. The molecular formula is C15H22N4S. The maximum Gasteiger partial charge on any atom is 0.219 e. The molecule has 1 aromatic rings. The Morgan fingerprint density at radius 3 is 2.55 bits per heavy atom. The van der Waals surface area contributed by atoms with E-state index in [0.29, 0.717) is 0 Å². The molecule has 108 valence electrons. The van der Waals surface area contributed by atoms with Crippen molar-refractivity contribution in [3.8, 4) is 0 Å². The summed E-state index contributed by atoms with van der Waals surface area (Å²) in [4.78, 5) is 11.5. The van der Waals surface area contributed by atoms with Crippen molar-refractivity contribution in [2.24, 2.45) is 15.7 Å². The highest BCUT2D eigenvalue weighted by molar-refractivity contribution is 7.99. The van der Waals surface area contributed by atoms with Crippen LogP contribution in [0.4, 0.5) is 5.69 Å². The summed E-state index contributed by atoms with van der Waals surface area (Å²) in [6.45, 7) is 7.05. The lowest BCUT2D eigenvalue weighted by Gasteiger charge is -2.26. The summed E-state index contributed by atoms with van der Waals surface area (Å²) in [5.74, 6) is 1.34. The summed E-state index contributed by atoms with van der Waals surface area (Å²) in [6, 6.07) is 8.08. The number of rotatable bonds is 5. The predicted octanol–water partition coefficient (Wildman–Crippen LogP) is 2.91. The van der Waals surface area contributed by atoms with Gasteiger partial charge in [0.25, 0.3) is 0 Å². The van der Waals surface area contributed by atoms with Crippen LogP contribution in [0, 0.1) is 0 Å². The molecule has 20 heavy (non-hydrogen) atoms. The SMILES string of the molecule is C=NC(N)=Nc1ccc(SCCN2CCCCC2)cc1. The highest BCUT2D eigenvalue weighted by Crippen LogP contribution is 2.22. The molecule has 0 aromatic heterocycles. The Morgan fingerprint density at radius 2 is 1.90 bits per heavy atom. The number of likely N-dealkylation sites (tertiary alicyclic amines) is 1. The predicted molar refractivity (Wildman–Crippen MR) is 88.3 cm³/mol. The molecule has 5 heteroatoms. The van der Waals surface area contributed by atoms with Crippen molar-refractivity contribution in [1.29, 1.82) is 0 Å². The standard InChI is InChI=1S/C15H22N4S/c1-17-15(16)18-13-5-7-14(8-6-13)20-12-11-19-9-3-2-4-10-19/h5-8H,1-4,9-12H2,(H2,16,18). The average molecular weight is 290 g/mol. The van der Waals surface area contributed by atoms with E-state index in [4.69, 9.17) is 5.73 Å². The fourth-order valence-corrected chi connectivity index (χ4v) is 3.17. The van der Waals surface area contributed by atoms with Gasteiger partial charge in [0.1, 0.15) is 0 Å². The van der Waals surface area contributed by atoms with Gasteiger partial charge in [-0.25, -0.2) is 9.98 Å². The van der Waals surface area contributed by atoms with Crippen molar-refractivity contribution in [2.75, 3.05) is 25.4 Å². The van der Waals surface area contributed by atoms with Gasteiger partial charge in [0.05, 0.1) is 5.69 Å². The van der Waals surface area contributed by atoms with E-state index in [9.17, 15) is 0 Å². The molecule has 1 aliphatic rings. The maximum absolute atomic E-state index is 5.52. The first-order valence-corrected chi connectivity index (χ1v) is 8.02. The van der Waals surface area contributed by atoms with E-state index in [-0.39, 0.29) is 5.96 Å². The Morgan fingerprint density at radius 1 is 1.20 bits per heavy atom. The lowest BCUT2D eigenvalue weighted by atomic mass is 10.1. The number of nitrogens with zero attached hydrogens (tertiary/aromatic N) is 3. The summed E-state index contributed by atoms with van der Waals surface area (Å²) in [5, 5.41) is 0. The van der Waals surface area contributed by atoms with E-state index in [1.54, 1.807) is 0 Å². The zero-order valence-corrected chi connectivity index (χ0v) is 12.6.